The van der Waals surface area contributed by atoms with E-state index in [0.717, 1.165) is 12.8 Å². The highest BCUT2D eigenvalue weighted by Gasteiger charge is 2.18. The van der Waals surface area contributed by atoms with Gasteiger partial charge in [0.2, 0.25) is 0 Å². The zero-order valence-corrected chi connectivity index (χ0v) is 8.94. The number of carbonyl (C=O) groups is 1. The van der Waals surface area contributed by atoms with Gasteiger partial charge in [0.25, 0.3) is 5.91 Å². The number of hydrogen-bond donors (Lipinski definition) is 3. The molecule has 0 saturated heterocycles. The van der Waals surface area contributed by atoms with Crippen LogP contribution in [0.2, 0.25) is 0 Å². The van der Waals surface area contributed by atoms with Crippen LogP contribution in [0.1, 0.15) is 36.2 Å². The van der Waals surface area contributed by atoms with Crippen LogP contribution in [0, 0.1) is 0 Å². The summed E-state index contributed by atoms with van der Waals surface area (Å²) in [6.07, 6.45) is 4.49. The molecule has 0 bridgehead atoms. The molecule has 16 heavy (non-hydrogen) atoms. The smallest absolute Gasteiger partial charge is 0.272 e. The summed E-state index contributed by atoms with van der Waals surface area (Å²) in [5, 5.41) is 10.5. The first kappa shape index (κ1) is 10.8. The van der Waals surface area contributed by atoms with Gasteiger partial charge in [-0.2, -0.15) is 0 Å². The quantitative estimate of drug-likeness (QED) is 0.508. The van der Waals surface area contributed by atoms with Crippen LogP contribution in [-0.4, -0.2) is 22.1 Å². The van der Waals surface area contributed by atoms with Crippen molar-refractivity contribution in [3.05, 3.63) is 17.8 Å². The lowest BCUT2D eigenvalue weighted by molar-refractivity contribution is 0.0932. The highest BCUT2D eigenvalue weighted by Crippen LogP contribution is 2.17. The molecule has 1 aliphatic carbocycles. The zero-order chi connectivity index (χ0) is 11.4. The van der Waals surface area contributed by atoms with E-state index in [1.807, 2.05) is 0 Å². The minimum absolute atomic E-state index is 0.164. The van der Waals surface area contributed by atoms with Gasteiger partial charge >= 0.3 is 0 Å². The highest BCUT2D eigenvalue weighted by molar-refractivity contribution is 5.92. The number of carbonyl (C=O) groups excluding carboxylic acids is 1. The molecule has 1 aromatic heterocycles. The van der Waals surface area contributed by atoms with Crippen molar-refractivity contribution in [1.29, 1.82) is 0 Å². The Bertz CT molecular complexity index is 358. The van der Waals surface area contributed by atoms with Gasteiger partial charge in [0.15, 0.2) is 11.5 Å². The molecule has 1 amide bonds. The maximum Gasteiger partial charge on any atom is 0.272 e. The van der Waals surface area contributed by atoms with Crippen LogP contribution in [-0.2, 0) is 0 Å². The number of rotatable bonds is 3. The number of amides is 1. The van der Waals surface area contributed by atoms with Crippen molar-refractivity contribution in [2.24, 2.45) is 5.84 Å². The van der Waals surface area contributed by atoms with E-state index in [2.05, 4.69) is 20.9 Å². The van der Waals surface area contributed by atoms with Crippen molar-refractivity contribution in [3.63, 3.8) is 0 Å². The number of nitrogens with zero attached hydrogens (tertiary/aromatic N) is 2. The SMILES string of the molecule is NNc1ccc(C(=O)NC2CCCC2)nn1. The fraction of sp³-hybridized carbons (Fsp3) is 0.500. The number of nitrogens with one attached hydrogen (secondary N) is 2. The Morgan fingerprint density at radius 2 is 2.06 bits per heavy atom. The van der Waals surface area contributed by atoms with Crippen LogP contribution in [0.25, 0.3) is 0 Å². The number of nitrogen functional groups attached to an aromatic ring is 1. The summed E-state index contributed by atoms with van der Waals surface area (Å²) in [5.41, 5.74) is 2.69. The molecule has 0 aromatic carbocycles. The van der Waals surface area contributed by atoms with E-state index in [1.165, 1.54) is 12.8 Å². The predicted octanol–water partition coefficient (Wildman–Crippen LogP) is 0.435. The molecule has 0 spiro atoms. The summed E-state index contributed by atoms with van der Waals surface area (Å²) in [6.45, 7) is 0. The number of aromatic nitrogens is 2. The van der Waals surface area contributed by atoms with Gasteiger partial charge in [-0.15, -0.1) is 10.2 Å². The highest BCUT2D eigenvalue weighted by atomic mass is 16.2. The fourth-order valence-electron chi connectivity index (χ4n) is 1.86. The molecule has 0 radical (unpaired) electrons. The van der Waals surface area contributed by atoms with Crippen molar-refractivity contribution in [2.75, 3.05) is 5.43 Å². The maximum atomic E-state index is 11.7. The Balaban J connectivity index is 1.97. The van der Waals surface area contributed by atoms with Crippen LogP contribution in [0.5, 0.6) is 0 Å². The van der Waals surface area contributed by atoms with E-state index in [1.54, 1.807) is 12.1 Å². The van der Waals surface area contributed by atoms with E-state index in [0.29, 0.717) is 17.6 Å². The lowest BCUT2D eigenvalue weighted by atomic mass is 10.2. The lowest BCUT2D eigenvalue weighted by Crippen LogP contribution is -2.33. The van der Waals surface area contributed by atoms with E-state index in [4.69, 9.17) is 5.84 Å². The Morgan fingerprint density at radius 1 is 1.31 bits per heavy atom. The summed E-state index contributed by atoms with van der Waals surface area (Å²) >= 11 is 0. The normalized spacial score (nSPS) is 16.1. The monoisotopic (exact) mass is 221 g/mol. The molecule has 6 heteroatoms. The molecule has 2 rings (SSSR count). The van der Waals surface area contributed by atoms with Gasteiger partial charge in [-0.25, -0.2) is 5.84 Å². The van der Waals surface area contributed by atoms with Crippen LogP contribution in [0.4, 0.5) is 5.82 Å². The standard InChI is InChI=1S/C10H15N5O/c11-13-9-6-5-8(14-15-9)10(16)12-7-3-1-2-4-7/h5-7H,1-4,11H2,(H,12,16)(H,13,15). The first-order valence-electron chi connectivity index (χ1n) is 5.41. The van der Waals surface area contributed by atoms with E-state index < -0.39 is 0 Å². The molecule has 0 atom stereocenters. The third-order valence-electron chi connectivity index (χ3n) is 2.74. The molecule has 86 valence electrons. The lowest BCUT2D eigenvalue weighted by Gasteiger charge is -2.10. The van der Waals surface area contributed by atoms with Crippen molar-refractivity contribution in [1.82, 2.24) is 15.5 Å². The van der Waals surface area contributed by atoms with Crippen molar-refractivity contribution in [3.8, 4) is 0 Å². The summed E-state index contributed by atoms with van der Waals surface area (Å²) < 4.78 is 0. The molecule has 1 saturated carbocycles. The average molecular weight is 221 g/mol. The van der Waals surface area contributed by atoms with Crippen molar-refractivity contribution in [2.45, 2.75) is 31.7 Å². The molecule has 4 N–H and O–H groups in total. The third kappa shape index (κ3) is 2.46. The molecular formula is C10H15N5O. The Morgan fingerprint density at radius 3 is 2.62 bits per heavy atom. The topological polar surface area (TPSA) is 92.9 Å². The van der Waals surface area contributed by atoms with Crippen LogP contribution < -0.4 is 16.6 Å². The first-order valence-corrected chi connectivity index (χ1v) is 5.41. The van der Waals surface area contributed by atoms with E-state index in [9.17, 15) is 4.79 Å². The molecule has 1 heterocycles. The maximum absolute atomic E-state index is 11.7. The van der Waals surface area contributed by atoms with Crippen LogP contribution in [0.15, 0.2) is 12.1 Å². The van der Waals surface area contributed by atoms with Crippen molar-refractivity contribution >= 4 is 11.7 Å². The molecule has 6 nitrogen and oxygen atoms in total. The largest absolute Gasteiger partial charge is 0.348 e. The second-order valence-corrected chi connectivity index (χ2v) is 3.90. The van der Waals surface area contributed by atoms with Gasteiger partial charge in [0.1, 0.15) is 0 Å². The van der Waals surface area contributed by atoms with E-state index >= 15 is 0 Å². The third-order valence-corrected chi connectivity index (χ3v) is 2.74. The number of anilines is 1. The molecule has 1 aromatic rings. The summed E-state index contributed by atoms with van der Waals surface area (Å²) in [6, 6.07) is 3.52. The van der Waals surface area contributed by atoms with Gasteiger partial charge in [-0.3, -0.25) is 4.79 Å². The molecule has 0 aliphatic heterocycles. The molecular weight excluding hydrogens is 206 g/mol. The van der Waals surface area contributed by atoms with Crippen LogP contribution in [0.3, 0.4) is 0 Å². The summed E-state index contributed by atoms with van der Waals surface area (Å²) in [7, 11) is 0. The van der Waals surface area contributed by atoms with Crippen LogP contribution >= 0.6 is 0 Å². The minimum atomic E-state index is -0.164. The zero-order valence-electron chi connectivity index (χ0n) is 8.94. The van der Waals surface area contributed by atoms with Gasteiger partial charge in [-0.05, 0) is 25.0 Å². The Kier molecular flexibility index (Phi) is 3.31. The van der Waals surface area contributed by atoms with Gasteiger partial charge in [-0.1, -0.05) is 12.8 Å². The van der Waals surface area contributed by atoms with Gasteiger partial charge < -0.3 is 10.7 Å². The van der Waals surface area contributed by atoms with Gasteiger partial charge in [0, 0.05) is 6.04 Å². The summed E-state index contributed by atoms with van der Waals surface area (Å²) in [4.78, 5) is 11.7. The number of hydrogen-bond acceptors (Lipinski definition) is 5. The predicted molar refractivity (Wildman–Crippen MR) is 59.6 cm³/mol. The molecule has 1 aliphatic rings. The van der Waals surface area contributed by atoms with E-state index in [-0.39, 0.29) is 5.91 Å². The number of hydrazine groups is 1. The number of nitrogens with two attached hydrogens (primary N) is 1. The second kappa shape index (κ2) is 4.89. The first-order chi connectivity index (χ1) is 7.79. The second-order valence-electron chi connectivity index (χ2n) is 3.90. The summed E-state index contributed by atoms with van der Waals surface area (Å²) in [5.74, 6) is 5.43. The minimum Gasteiger partial charge on any atom is -0.348 e. The molecule has 1 fully saturated rings. The Labute approximate surface area is 93.6 Å². The average Bonchev–Trinajstić information content (AvgIpc) is 2.82. The molecule has 0 unspecified atom stereocenters. The fourth-order valence-corrected chi connectivity index (χ4v) is 1.86. The Hall–Kier alpha value is -1.69. The van der Waals surface area contributed by atoms with Gasteiger partial charge in [0.05, 0.1) is 0 Å². The van der Waals surface area contributed by atoms with Crippen molar-refractivity contribution < 1.29 is 4.79 Å².